The van der Waals surface area contributed by atoms with Crippen molar-refractivity contribution in [1.29, 1.82) is 0 Å². The minimum absolute atomic E-state index is 0.289. The summed E-state index contributed by atoms with van der Waals surface area (Å²) in [5.41, 5.74) is 6.36. The van der Waals surface area contributed by atoms with Crippen LogP contribution in [0.5, 0.6) is 5.75 Å². The number of primary amides is 1. The molecule has 0 saturated heterocycles. The highest BCUT2D eigenvalue weighted by atomic mass is 79.9. The van der Waals surface area contributed by atoms with Crippen molar-refractivity contribution >= 4 is 33.2 Å². The number of nitrogens with two attached hydrogens (primary N) is 1. The van der Waals surface area contributed by atoms with Crippen LogP contribution in [-0.2, 0) is 0 Å². The Labute approximate surface area is 111 Å². The molecule has 0 bridgehead atoms. The van der Waals surface area contributed by atoms with E-state index in [-0.39, 0.29) is 5.69 Å². The largest absolute Gasteiger partial charge is 0.496 e. The molecule has 0 aliphatic rings. The molecule has 17 heavy (non-hydrogen) atoms. The molecular formula is C11H9BrN2O2S. The van der Waals surface area contributed by atoms with E-state index < -0.39 is 5.91 Å². The number of amides is 1. The third kappa shape index (κ3) is 2.48. The zero-order valence-corrected chi connectivity index (χ0v) is 11.3. The number of hydrogen-bond donors (Lipinski definition) is 1. The van der Waals surface area contributed by atoms with Crippen LogP contribution < -0.4 is 10.5 Å². The van der Waals surface area contributed by atoms with Crippen molar-refractivity contribution in [3.8, 4) is 16.3 Å². The van der Waals surface area contributed by atoms with E-state index in [2.05, 4.69) is 20.9 Å². The average molecular weight is 313 g/mol. The third-order valence-corrected chi connectivity index (χ3v) is 3.67. The van der Waals surface area contributed by atoms with Crippen LogP contribution in [-0.4, -0.2) is 18.0 Å². The van der Waals surface area contributed by atoms with Gasteiger partial charge in [-0.1, -0.05) is 0 Å². The van der Waals surface area contributed by atoms with E-state index >= 15 is 0 Å². The number of rotatable bonds is 3. The molecule has 0 aliphatic carbocycles. The first kappa shape index (κ1) is 12.1. The zero-order chi connectivity index (χ0) is 12.4. The first-order valence-electron chi connectivity index (χ1n) is 4.71. The minimum Gasteiger partial charge on any atom is -0.496 e. The Morgan fingerprint density at radius 2 is 2.29 bits per heavy atom. The highest BCUT2D eigenvalue weighted by Gasteiger charge is 2.10. The molecule has 0 saturated carbocycles. The van der Waals surface area contributed by atoms with Gasteiger partial charge in [-0.15, -0.1) is 11.3 Å². The summed E-state index contributed by atoms with van der Waals surface area (Å²) < 4.78 is 5.98. The lowest BCUT2D eigenvalue weighted by Crippen LogP contribution is -2.10. The second-order valence-corrected chi connectivity index (χ2v) is 4.96. The van der Waals surface area contributed by atoms with Gasteiger partial charge in [0.05, 0.1) is 11.6 Å². The molecule has 0 atom stereocenters. The summed E-state index contributed by atoms with van der Waals surface area (Å²) in [5.74, 6) is 0.237. The Morgan fingerprint density at radius 1 is 1.53 bits per heavy atom. The quantitative estimate of drug-likeness (QED) is 0.947. The Hall–Kier alpha value is -1.40. The number of aromatic nitrogens is 1. The predicted molar refractivity (Wildman–Crippen MR) is 70.3 cm³/mol. The molecule has 0 aliphatic heterocycles. The van der Waals surface area contributed by atoms with E-state index in [1.165, 1.54) is 11.3 Å². The number of nitrogens with zero attached hydrogens (tertiary/aromatic N) is 1. The Kier molecular flexibility index (Phi) is 3.44. The van der Waals surface area contributed by atoms with Crippen molar-refractivity contribution < 1.29 is 9.53 Å². The fraction of sp³-hybridized carbons (Fsp3) is 0.0909. The van der Waals surface area contributed by atoms with Gasteiger partial charge in [-0.2, -0.15) is 0 Å². The van der Waals surface area contributed by atoms with Crippen LogP contribution in [0.1, 0.15) is 10.5 Å². The first-order chi connectivity index (χ1) is 8.11. The van der Waals surface area contributed by atoms with Crippen LogP contribution in [0.2, 0.25) is 0 Å². The smallest absolute Gasteiger partial charge is 0.268 e. The molecule has 6 heteroatoms. The molecule has 2 aromatic rings. The molecule has 1 aromatic carbocycles. The summed E-state index contributed by atoms with van der Waals surface area (Å²) >= 11 is 4.78. The molecule has 2 rings (SSSR count). The van der Waals surface area contributed by atoms with E-state index in [1.54, 1.807) is 12.5 Å². The Balaban J connectivity index is 2.39. The van der Waals surface area contributed by atoms with Gasteiger partial charge in [0.15, 0.2) is 0 Å². The van der Waals surface area contributed by atoms with Gasteiger partial charge in [-0.25, -0.2) is 4.98 Å². The van der Waals surface area contributed by atoms with E-state index in [0.29, 0.717) is 0 Å². The van der Waals surface area contributed by atoms with Crippen LogP contribution >= 0.6 is 27.3 Å². The molecule has 4 nitrogen and oxygen atoms in total. The molecular weight excluding hydrogens is 304 g/mol. The number of hydrogen-bond acceptors (Lipinski definition) is 4. The number of thiazole rings is 1. The summed E-state index contributed by atoms with van der Waals surface area (Å²) in [6, 6.07) is 5.61. The number of ether oxygens (including phenoxy) is 1. The molecule has 0 radical (unpaired) electrons. The molecule has 0 unspecified atom stereocenters. The average Bonchev–Trinajstić information content (AvgIpc) is 2.78. The molecule has 1 amide bonds. The maximum atomic E-state index is 11.0. The van der Waals surface area contributed by atoms with Gasteiger partial charge >= 0.3 is 0 Å². The lowest BCUT2D eigenvalue weighted by Gasteiger charge is -2.04. The minimum atomic E-state index is -0.514. The van der Waals surface area contributed by atoms with Crippen LogP contribution in [0.15, 0.2) is 28.1 Å². The van der Waals surface area contributed by atoms with E-state index in [4.69, 9.17) is 10.5 Å². The number of carbonyl (C=O) groups is 1. The van der Waals surface area contributed by atoms with Crippen LogP contribution in [0.25, 0.3) is 10.6 Å². The first-order valence-corrected chi connectivity index (χ1v) is 6.38. The van der Waals surface area contributed by atoms with E-state index in [9.17, 15) is 4.79 Å². The topological polar surface area (TPSA) is 65.2 Å². The fourth-order valence-electron chi connectivity index (χ4n) is 1.32. The molecule has 1 heterocycles. The van der Waals surface area contributed by atoms with Gasteiger partial charge in [-0.3, -0.25) is 4.79 Å². The van der Waals surface area contributed by atoms with Crippen molar-refractivity contribution in [2.45, 2.75) is 0 Å². The highest BCUT2D eigenvalue weighted by Crippen LogP contribution is 2.31. The summed E-state index contributed by atoms with van der Waals surface area (Å²) in [6.07, 6.45) is 0. The second kappa shape index (κ2) is 4.85. The maximum Gasteiger partial charge on any atom is 0.268 e. The zero-order valence-electron chi connectivity index (χ0n) is 8.94. The third-order valence-electron chi connectivity index (χ3n) is 2.16. The van der Waals surface area contributed by atoms with E-state index in [0.717, 1.165) is 20.8 Å². The van der Waals surface area contributed by atoms with Gasteiger partial charge < -0.3 is 10.5 Å². The Morgan fingerprint density at radius 3 is 2.82 bits per heavy atom. The number of methoxy groups -OCH3 is 1. The monoisotopic (exact) mass is 312 g/mol. The molecule has 2 N–H and O–H groups in total. The lowest BCUT2D eigenvalue weighted by atomic mass is 10.2. The second-order valence-electron chi connectivity index (χ2n) is 3.25. The van der Waals surface area contributed by atoms with Crippen molar-refractivity contribution in [3.63, 3.8) is 0 Å². The van der Waals surface area contributed by atoms with Crippen molar-refractivity contribution in [2.24, 2.45) is 5.73 Å². The van der Waals surface area contributed by atoms with Crippen molar-refractivity contribution in [3.05, 3.63) is 33.7 Å². The Bertz CT molecular complexity index is 568. The summed E-state index contributed by atoms with van der Waals surface area (Å²) in [6.45, 7) is 0. The number of halogens is 1. The lowest BCUT2D eigenvalue weighted by molar-refractivity contribution is 0.0996. The van der Waals surface area contributed by atoms with Gasteiger partial charge in [0.1, 0.15) is 16.5 Å². The van der Waals surface area contributed by atoms with E-state index in [1.807, 2.05) is 18.2 Å². The normalized spacial score (nSPS) is 10.2. The van der Waals surface area contributed by atoms with Gasteiger partial charge in [0.25, 0.3) is 5.91 Å². The predicted octanol–water partition coefficient (Wildman–Crippen LogP) is 2.68. The summed E-state index contributed by atoms with van der Waals surface area (Å²) in [5, 5.41) is 2.40. The molecule has 0 fully saturated rings. The standard InChI is InChI=1S/C11H9BrN2O2S/c1-16-9-3-2-6(4-7(9)12)11-14-8(5-17-11)10(13)15/h2-5H,1H3,(H2,13,15). The molecule has 88 valence electrons. The van der Waals surface area contributed by atoms with Gasteiger partial charge in [-0.05, 0) is 34.1 Å². The van der Waals surface area contributed by atoms with Crippen LogP contribution in [0.3, 0.4) is 0 Å². The van der Waals surface area contributed by atoms with Gasteiger partial charge in [0, 0.05) is 10.9 Å². The van der Waals surface area contributed by atoms with Crippen LogP contribution in [0.4, 0.5) is 0 Å². The maximum absolute atomic E-state index is 11.0. The molecule has 0 spiro atoms. The van der Waals surface area contributed by atoms with Crippen LogP contribution in [0, 0.1) is 0 Å². The highest BCUT2D eigenvalue weighted by molar-refractivity contribution is 9.10. The molecule has 1 aromatic heterocycles. The fourth-order valence-corrected chi connectivity index (χ4v) is 2.67. The SMILES string of the molecule is COc1ccc(-c2nc(C(N)=O)cs2)cc1Br. The number of carbonyl (C=O) groups excluding carboxylic acids is 1. The van der Waals surface area contributed by atoms with Gasteiger partial charge in [0.2, 0.25) is 0 Å². The summed E-state index contributed by atoms with van der Waals surface area (Å²) in [4.78, 5) is 15.1. The van der Waals surface area contributed by atoms with Crippen molar-refractivity contribution in [2.75, 3.05) is 7.11 Å². The summed E-state index contributed by atoms with van der Waals surface area (Å²) in [7, 11) is 1.61. The number of benzene rings is 1. The van der Waals surface area contributed by atoms with Crippen molar-refractivity contribution in [1.82, 2.24) is 4.98 Å².